The van der Waals surface area contributed by atoms with Gasteiger partial charge in [0.2, 0.25) is 17.5 Å². The molecule has 0 unspecified atom stereocenters. The fourth-order valence-corrected chi connectivity index (χ4v) is 3.46. The number of nitrogens with zero attached hydrogens (tertiary/aromatic N) is 6. The molecule has 0 saturated carbocycles. The van der Waals surface area contributed by atoms with Gasteiger partial charge in [-0.2, -0.15) is 10.1 Å². The van der Waals surface area contributed by atoms with Crippen LogP contribution in [0.2, 0.25) is 0 Å². The van der Waals surface area contributed by atoms with Crippen molar-refractivity contribution in [3.63, 3.8) is 0 Å². The van der Waals surface area contributed by atoms with Gasteiger partial charge < -0.3 is 18.9 Å². The van der Waals surface area contributed by atoms with E-state index in [-0.39, 0.29) is 11.8 Å². The fraction of sp³-hybridized carbons (Fsp3) is 0.238. The van der Waals surface area contributed by atoms with Gasteiger partial charge in [0, 0.05) is 31.0 Å². The number of benzene rings is 1. The molecule has 5 rings (SSSR count). The van der Waals surface area contributed by atoms with Crippen molar-refractivity contribution in [2.75, 3.05) is 27.3 Å². The van der Waals surface area contributed by atoms with E-state index in [4.69, 9.17) is 14.0 Å². The number of nitrogens with one attached hydrogen (secondary N) is 1. The quantitative estimate of drug-likeness (QED) is 0.486. The average molecular weight is 433 g/mol. The SMILES string of the molecule is COc1ccc(OC)c(-c2cc(C(=O)N3CC(c4nc(-c5ncccn5)no4)C3)[nH]n2)c1. The van der Waals surface area contributed by atoms with Crippen LogP contribution < -0.4 is 9.47 Å². The number of methoxy groups -OCH3 is 2. The Morgan fingerprint density at radius 3 is 2.69 bits per heavy atom. The average Bonchev–Trinajstić information content (AvgIpc) is 3.48. The lowest BCUT2D eigenvalue weighted by atomic mass is 9.99. The first-order valence-electron chi connectivity index (χ1n) is 9.84. The van der Waals surface area contributed by atoms with Crippen molar-refractivity contribution in [1.29, 1.82) is 0 Å². The maximum Gasteiger partial charge on any atom is 0.271 e. The Morgan fingerprint density at radius 1 is 1.12 bits per heavy atom. The molecule has 0 aliphatic carbocycles. The number of hydrogen-bond acceptors (Lipinski definition) is 9. The zero-order valence-corrected chi connectivity index (χ0v) is 17.3. The Balaban J connectivity index is 1.27. The Hall–Kier alpha value is -4.28. The summed E-state index contributed by atoms with van der Waals surface area (Å²) in [5.74, 6) is 2.29. The Labute approximate surface area is 182 Å². The first kappa shape index (κ1) is 19.7. The van der Waals surface area contributed by atoms with Crippen LogP contribution in [0.3, 0.4) is 0 Å². The van der Waals surface area contributed by atoms with Crippen molar-refractivity contribution in [1.82, 2.24) is 35.2 Å². The standard InChI is InChI=1S/C21H19N7O4/c1-30-13-4-5-17(31-2)14(8-13)15-9-16(26-25-15)21(29)28-10-12(11-28)20-24-19(27-32-20)18-22-6-3-7-23-18/h3-9,12H,10-11H2,1-2H3,(H,25,26). The first-order chi connectivity index (χ1) is 15.7. The molecule has 162 valence electrons. The predicted molar refractivity (Wildman–Crippen MR) is 111 cm³/mol. The topological polar surface area (TPSA) is 132 Å². The molecule has 0 radical (unpaired) electrons. The normalized spacial score (nSPS) is 13.6. The van der Waals surface area contributed by atoms with Gasteiger partial charge in [0.25, 0.3) is 5.91 Å². The summed E-state index contributed by atoms with van der Waals surface area (Å²) in [6, 6.07) is 8.82. The number of aromatic amines is 1. The molecule has 0 atom stereocenters. The van der Waals surface area contributed by atoms with Gasteiger partial charge in [-0.25, -0.2) is 9.97 Å². The minimum atomic E-state index is -0.159. The van der Waals surface area contributed by atoms with Crippen molar-refractivity contribution in [2.24, 2.45) is 0 Å². The fourth-order valence-electron chi connectivity index (χ4n) is 3.46. The summed E-state index contributed by atoms with van der Waals surface area (Å²) in [7, 11) is 3.17. The van der Waals surface area contributed by atoms with Gasteiger partial charge in [0.05, 0.1) is 25.8 Å². The van der Waals surface area contributed by atoms with Crippen molar-refractivity contribution in [3.8, 4) is 34.4 Å². The number of likely N-dealkylation sites (tertiary alicyclic amines) is 1. The van der Waals surface area contributed by atoms with E-state index in [1.54, 1.807) is 55.8 Å². The third kappa shape index (κ3) is 3.53. The molecule has 4 aromatic rings. The Bertz CT molecular complexity index is 1250. The summed E-state index contributed by atoms with van der Waals surface area (Å²) in [4.78, 5) is 27.1. The summed E-state index contributed by atoms with van der Waals surface area (Å²) >= 11 is 0. The molecule has 1 N–H and O–H groups in total. The van der Waals surface area contributed by atoms with E-state index in [0.717, 1.165) is 5.56 Å². The molecule has 32 heavy (non-hydrogen) atoms. The molecule has 0 bridgehead atoms. The van der Waals surface area contributed by atoms with Crippen LogP contribution in [-0.2, 0) is 0 Å². The third-order valence-corrected chi connectivity index (χ3v) is 5.22. The van der Waals surface area contributed by atoms with Gasteiger partial charge in [-0.3, -0.25) is 9.89 Å². The van der Waals surface area contributed by atoms with E-state index in [9.17, 15) is 4.79 Å². The number of rotatable bonds is 6. The van der Waals surface area contributed by atoms with E-state index in [0.29, 0.717) is 53.5 Å². The maximum atomic E-state index is 12.9. The van der Waals surface area contributed by atoms with Gasteiger partial charge in [-0.1, -0.05) is 5.16 Å². The molecule has 0 spiro atoms. The minimum Gasteiger partial charge on any atom is -0.497 e. The number of carbonyl (C=O) groups is 1. The monoisotopic (exact) mass is 433 g/mol. The van der Waals surface area contributed by atoms with E-state index in [1.165, 1.54) is 0 Å². The second-order valence-electron chi connectivity index (χ2n) is 7.17. The molecule has 1 aliphatic rings. The second kappa shape index (κ2) is 8.10. The number of hydrogen-bond donors (Lipinski definition) is 1. The molecule has 1 aromatic carbocycles. The van der Waals surface area contributed by atoms with Crippen LogP contribution in [0.25, 0.3) is 22.9 Å². The molecule has 1 amide bonds. The summed E-state index contributed by atoms with van der Waals surface area (Å²) in [6.07, 6.45) is 3.23. The highest BCUT2D eigenvalue weighted by Crippen LogP contribution is 2.33. The van der Waals surface area contributed by atoms with Crippen molar-refractivity contribution in [3.05, 3.63) is 54.3 Å². The number of H-pyrrole nitrogens is 1. The van der Waals surface area contributed by atoms with Crippen molar-refractivity contribution in [2.45, 2.75) is 5.92 Å². The number of carbonyl (C=O) groups excluding carboxylic acids is 1. The van der Waals surface area contributed by atoms with Gasteiger partial charge in [-0.15, -0.1) is 0 Å². The highest BCUT2D eigenvalue weighted by Gasteiger charge is 2.37. The minimum absolute atomic E-state index is 0.0372. The lowest BCUT2D eigenvalue weighted by molar-refractivity contribution is 0.0563. The molecule has 11 nitrogen and oxygen atoms in total. The zero-order chi connectivity index (χ0) is 22.1. The van der Waals surface area contributed by atoms with Crippen LogP contribution in [0.1, 0.15) is 22.3 Å². The number of ether oxygens (including phenoxy) is 2. The van der Waals surface area contributed by atoms with E-state index in [2.05, 4.69) is 30.3 Å². The molecule has 1 saturated heterocycles. The molecular weight excluding hydrogens is 414 g/mol. The highest BCUT2D eigenvalue weighted by atomic mass is 16.5. The van der Waals surface area contributed by atoms with E-state index in [1.807, 2.05) is 6.07 Å². The molecule has 11 heteroatoms. The zero-order valence-electron chi connectivity index (χ0n) is 17.3. The smallest absolute Gasteiger partial charge is 0.271 e. The number of amides is 1. The van der Waals surface area contributed by atoms with E-state index >= 15 is 0 Å². The van der Waals surface area contributed by atoms with Gasteiger partial charge in [0.1, 0.15) is 17.2 Å². The summed E-state index contributed by atoms with van der Waals surface area (Å²) in [6.45, 7) is 0.930. The Kier molecular flexibility index (Phi) is 4.98. The number of aromatic nitrogens is 6. The van der Waals surface area contributed by atoms with Crippen LogP contribution in [0.15, 0.2) is 47.2 Å². The van der Waals surface area contributed by atoms with Crippen LogP contribution in [0.5, 0.6) is 11.5 Å². The molecule has 1 fully saturated rings. The lowest BCUT2D eigenvalue weighted by Crippen LogP contribution is -2.48. The molecular formula is C21H19N7O4. The highest BCUT2D eigenvalue weighted by molar-refractivity contribution is 5.94. The van der Waals surface area contributed by atoms with Crippen molar-refractivity contribution < 1.29 is 18.8 Å². The van der Waals surface area contributed by atoms with E-state index < -0.39 is 0 Å². The third-order valence-electron chi connectivity index (χ3n) is 5.22. The van der Waals surface area contributed by atoms with Gasteiger partial charge in [-0.05, 0) is 30.3 Å². The molecule has 1 aliphatic heterocycles. The summed E-state index contributed by atoms with van der Waals surface area (Å²) < 4.78 is 16.0. The van der Waals surface area contributed by atoms with Crippen LogP contribution in [0.4, 0.5) is 0 Å². The van der Waals surface area contributed by atoms with Gasteiger partial charge in [0.15, 0.2) is 0 Å². The molecule has 3 aromatic heterocycles. The Morgan fingerprint density at radius 2 is 1.94 bits per heavy atom. The van der Waals surface area contributed by atoms with Crippen LogP contribution in [0, 0.1) is 0 Å². The maximum absolute atomic E-state index is 12.9. The van der Waals surface area contributed by atoms with Gasteiger partial charge >= 0.3 is 0 Å². The second-order valence-corrected chi connectivity index (χ2v) is 7.17. The van der Waals surface area contributed by atoms with Crippen molar-refractivity contribution >= 4 is 5.91 Å². The van der Waals surface area contributed by atoms with Crippen LogP contribution in [-0.4, -0.2) is 68.4 Å². The first-order valence-corrected chi connectivity index (χ1v) is 9.84. The summed E-state index contributed by atoms with van der Waals surface area (Å²) in [5.41, 5.74) is 1.70. The largest absolute Gasteiger partial charge is 0.497 e. The predicted octanol–water partition coefficient (Wildman–Crippen LogP) is 2.17. The molecule has 4 heterocycles. The van der Waals surface area contributed by atoms with Crippen LogP contribution >= 0.6 is 0 Å². The lowest BCUT2D eigenvalue weighted by Gasteiger charge is -2.36. The summed E-state index contributed by atoms with van der Waals surface area (Å²) in [5, 5.41) is 11.0.